The zero-order valence-electron chi connectivity index (χ0n) is 21.7. The van der Waals surface area contributed by atoms with Crippen LogP contribution in [0.1, 0.15) is 29.5 Å². The predicted octanol–water partition coefficient (Wildman–Crippen LogP) is 6.62. The van der Waals surface area contributed by atoms with Crippen molar-refractivity contribution in [2.45, 2.75) is 31.2 Å². The van der Waals surface area contributed by atoms with E-state index in [2.05, 4.69) is 0 Å². The first-order valence-corrected chi connectivity index (χ1v) is 13.7. The van der Waals surface area contributed by atoms with E-state index < -0.39 is 11.9 Å². The van der Waals surface area contributed by atoms with Gasteiger partial charge in [-0.25, -0.2) is 0 Å². The zero-order chi connectivity index (χ0) is 27.6. The standard InChI is InChI=1S/C31H31NO6S/c1-22-7-2-3-10-27(22)38-18-5-4-17-37-25-15-12-23(13-16-25)11-14-24-8-6-9-26-28(39-21-30(35)36)19-32(31(24)26)20-29(33)34/h2-3,6-16,19H,4-5,17-18,20-21H2,1H3,(H,33,34)(H,35,36)/b14-11+. The molecule has 0 radical (unpaired) electrons. The zero-order valence-corrected chi connectivity index (χ0v) is 22.5. The number of carbonyl (C=O) groups is 2. The lowest BCUT2D eigenvalue weighted by atomic mass is 10.1. The molecule has 0 aliphatic heterocycles. The number of aryl methyl sites for hydroxylation is 1. The Morgan fingerprint density at radius 3 is 2.33 bits per heavy atom. The van der Waals surface area contributed by atoms with Gasteiger partial charge in [-0.05, 0) is 54.7 Å². The van der Waals surface area contributed by atoms with Crippen LogP contribution in [-0.2, 0) is 16.1 Å². The van der Waals surface area contributed by atoms with Crippen molar-refractivity contribution in [1.82, 2.24) is 4.57 Å². The van der Waals surface area contributed by atoms with Crippen LogP contribution in [-0.4, -0.2) is 45.7 Å². The fourth-order valence-corrected chi connectivity index (χ4v) is 4.97. The number of hydrogen-bond donors (Lipinski definition) is 2. The molecule has 0 atom stereocenters. The summed E-state index contributed by atoms with van der Waals surface area (Å²) in [7, 11) is 0. The minimum absolute atomic E-state index is 0.0954. The molecule has 0 saturated heterocycles. The Morgan fingerprint density at radius 2 is 1.62 bits per heavy atom. The van der Waals surface area contributed by atoms with Crippen LogP contribution in [0.4, 0.5) is 0 Å². The lowest BCUT2D eigenvalue weighted by molar-refractivity contribution is -0.137. The predicted molar refractivity (Wildman–Crippen MR) is 155 cm³/mol. The van der Waals surface area contributed by atoms with E-state index in [0.29, 0.717) is 13.2 Å². The Bertz CT molecular complexity index is 1460. The maximum absolute atomic E-state index is 11.5. The molecule has 4 aromatic rings. The minimum atomic E-state index is -0.963. The van der Waals surface area contributed by atoms with Crippen LogP contribution in [0.25, 0.3) is 23.1 Å². The molecule has 0 unspecified atom stereocenters. The number of unbranched alkanes of at least 4 members (excludes halogenated alkanes) is 1. The molecule has 0 aliphatic carbocycles. The number of para-hydroxylation sites is 2. The van der Waals surface area contributed by atoms with Crippen LogP contribution >= 0.6 is 11.8 Å². The van der Waals surface area contributed by atoms with Crippen LogP contribution in [0.15, 0.2) is 77.8 Å². The van der Waals surface area contributed by atoms with E-state index in [1.807, 2.05) is 85.8 Å². The quantitative estimate of drug-likeness (QED) is 0.104. The molecule has 0 aliphatic rings. The number of carboxylic acids is 2. The third-order valence-corrected chi connectivity index (χ3v) is 7.07. The van der Waals surface area contributed by atoms with Crippen LogP contribution in [0.3, 0.4) is 0 Å². The van der Waals surface area contributed by atoms with Gasteiger partial charge in [-0.15, -0.1) is 11.8 Å². The SMILES string of the molecule is Cc1ccccc1OCCCCOc1ccc(/C=C/c2cccc3c(SCC(=O)O)cn(CC(=O)O)c23)cc1. The van der Waals surface area contributed by atoms with E-state index >= 15 is 0 Å². The first kappa shape index (κ1) is 27.9. The van der Waals surface area contributed by atoms with Crippen molar-refractivity contribution in [1.29, 1.82) is 0 Å². The molecular formula is C31H31NO6S. The number of aromatic nitrogens is 1. The van der Waals surface area contributed by atoms with E-state index in [1.165, 1.54) is 11.8 Å². The summed E-state index contributed by atoms with van der Waals surface area (Å²) in [6.45, 7) is 3.09. The number of nitrogens with zero attached hydrogens (tertiary/aromatic N) is 1. The molecule has 3 aromatic carbocycles. The fraction of sp³-hybridized carbons (Fsp3) is 0.226. The van der Waals surface area contributed by atoms with E-state index in [9.17, 15) is 14.7 Å². The van der Waals surface area contributed by atoms with E-state index in [4.69, 9.17) is 14.6 Å². The van der Waals surface area contributed by atoms with Crippen LogP contribution < -0.4 is 9.47 Å². The summed E-state index contributed by atoms with van der Waals surface area (Å²) >= 11 is 1.18. The summed E-state index contributed by atoms with van der Waals surface area (Å²) in [6.07, 6.45) is 7.41. The molecule has 202 valence electrons. The van der Waals surface area contributed by atoms with E-state index in [0.717, 1.165) is 56.8 Å². The van der Waals surface area contributed by atoms with Crippen LogP contribution in [0, 0.1) is 6.92 Å². The molecule has 1 aromatic heterocycles. The molecular weight excluding hydrogens is 514 g/mol. The highest BCUT2D eigenvalue weighted by molar-refractivity contribution is 8.00. The number of thioether (sulfide) groups is 1. The van der Waals surface area contributed by atoms with Gasteiger partial charge < -0.3 is 24.3 Å². The molecule has 0 saturated carbocycles. The third-order valence-electron chi connectivity index (χ3n) is 6.04. The topological polar surface area (TPSA) is 98.0 Å². The number of rotatable bonds is 14. The lowest BCUT2D eigenvalue weighted by Crippen LogP contribution is -2.07. The summed E-state index contributed by atoms with van der Waals surface area (Å²) in [5.74, 6) is -0.262. The van der Waals surface area contributed by atoms with Gasteiger partial charge in [0, 0.05) is 16.5 Å². The first-order chi connectivity index (χ1) is 18.9. The monoisotopic (exact) mass is 545 g/mol. The van der Waals surface area contributed by atoms with E-state index in [1.54, 1.807) is 10.8 Å². The Hall–Kier alpha value is -4.17. The second-order valence-electron chi connectivity index (χ2n) is 9.01. The number of carboxylic acid groups (broad SMARTS) is 2. The van der Waals surface area contributed by atoms with Gasteiger partial charge in [0.15, 0.2) is 0 Å². The van der Waals surface area contributed by atoms with Gasteiger partial charge in [-0.2, -0.15) is 0 Å². The number of benzene rings is 3. The van der Waals surface area contributed by atoms with Gasteiger partial charge in [-0.1, -0.05) is 60.7 Å². The number of fused-ring (bicyclic) bond motifs is 1. The Morgan fingerprint density at radius 1 is 0.872 bits per heavy atom. The Kier molecular flexibility index (Phi) is 9.69. The number of hydrogen-bond acceptors (Lipinski definition) is 5. The van der Waals surface area contributed by atoms with Gasteiger partial charge in [0.1, 0.15) is 18.0 Å². The summed E-state index contributed by atoms with van der Waals surface area (Å²) in [5, 5.41) is 19.3. The van der Waals surface area contributed by atoms with Crippen molar-refractivity contribution in [2.24, 2.45) is 0 Å². The smallest absolute Gasteiger partial charge is 0.323 e. The molecule has 2 N–H and O–H groups in total. The fourth-order valence-electron chi connectivity index (χ4n) is 4.17. The van der Waals surface area contributed by atoms with Gasteiger partial charge in [0.05, 0.1) is 24.5 Å². The van der Waals surface area contributed by atoms with Crippen molar-refractivity contribution in [3.05, 3.63) is 89.6 Å². The van der Waals surface area contributed by atoms with Gasteiger partial charge in [0.25, 0.3) is 0 Å². The van der Waals surface area contributed by atoms with Crippen LogP contribution in [0.2, 0.25) is 0 Å². The van der Waals surface area contributed by atoms with Crippen molar-refractivity contribution in [3.8, 4) is 11.5 Å². The van der Waals surface area contributed by atoms with Crippen molar-refractivity contribution in [3.63, 3.8) is 0 Å². The normalized spacial score (nSPS) is 11.2. The second kappa shape index (κ2) is 13.6. The second-order valence-corrected chi connectivity index (χ2v) is 10.0. The molecule has 0 spiro atoms. The average molecular weight is 546 g/mol. The third kappa shape index (κ3) is 7.91. The molecule has 0 amide bonds. The number of ether oxygens (including phenoxy) is 2. The molecule has 0 bridgehead atoms. The van der Waals surface area contributed by atoms with E-state index in [-0.39, 0.29) is 12.3 Å². The van der Waals surface area contributed by atoms with Crippen LogP contribution in [0.5, 0.6) is 11.5 Å². The highest BCUT2D eigenvalue weighted by Crippen LogP contribution is 2.33. The molecule has 1 heterocycles. The molecule has 7 nitrogen and oxygen atoms in total. The first-order valence-electron chi connectivity index (χ1n) is 12.7. The molecule has 8 heteroatoms. The maximum Gasteiger partial charge on any atom is 0.323 e. The van der Waals surface area contributed by atoms with Gasteiger partial charge in [0.2, 0.25) is 0 Å². The van der Waals surface area contributed by atoms with Gasteiger partial charge in [-0.3, -0.25) is 9.59 Å². The van der Waals surface area contributed by atoms with Crippen molar-refractivity contribution < 1.29 is 29.3 Å². The molecule has 0 fully saturated rings. The van der Waals surface area contributed by atoms with Gasteiger partial charge >= 0.3 is 11.9 Å². The Balaban J connectivity index is 1.35. The maximum atomic E-state index is 11.5. The van der Waals surface area contributed by atoms with Crippen molar-refractivity contribution in [2.75, 3.05) is 19.0 Å². The summed E-state index contributed by atoms with van der Waals surface area (Å²) < 4.78 is 13.4. The summed E-state index contributed by atoms with van der Waals surface area (Å²) in [4.78, 5) is 23.2. The highest BCUT2D eigenvalue weighted by atomic mass is 32.2. The molecule has 39 heavy (non-hydrogen) atoms. The summed E-state index contributed by atoms with van der Waals surface area (Å²) in [5.41, 5.74) is 3.72. The lowest BCUT2D eigenvalue weighted by Gasteiger charge is -2.09. The largest absolute Gasteiger partial charge is 0.494 e. The summed E-state index contributed by atoms with van der Waals surface area (Å²) in [6, 6.07) is 21.5. The number of aliphatic carboxylic acids is 2. The Labute approximate surface area is 231 Å². The highest BCUT2D eigenvalue weighted by Gasteiger charge is 2.14. The minimum Gasteiger partial charge on any atom is -0.494 e. The van der Waals surface area contributed by atoms with Crippen molar-refractivity contribution >= 4 is 46.8 Å². The average Bonchev–Trinajstić information content (AvgIpc) is 3.27. The molecule has 4 rings (SSSR count).